The Morgan fingerprint density at radius 1 is 1.29 bits per heavy atom. The number of hydrogen-bond donors (Lipinski definition) is 2. The van der Waals surface area contributed by atoms with Gasteiger partial charge in [0.1, 0.15) is 11.9 Å². The number of phenols is 1. The van der Waals surface area contributed by atoms with E-state index >= 15 is 0 Å². The Balaban J connectivity index is 2.82. The van der Waals surface area contributed by atoms with Gasteiger partial charge in [0, 0.05) is 6.61 Å². The van der Waals surface area contributed by atoms with Crippen molar-refractivity contribution in [3.63, 3.8) is 0 Å². The van der Waals surface area contributed by atoms with Crippen molar-refractivity contribution in [2.45, 2.75) is 26.1 Å². The number of phenolic OH excluding ortho intramolecular Hbond substituents is 1. The first-order valence-corrected chi connectivity index (χ1v) is 4.73. The van der Waals surface area contributed by atoms with E-state index in [0.717, 1.165) is 5.56 Å². The summed E-state index contributed by atoms with van der Waals surface area (Å²) >= 11 is 0. The third kappa shape index (κ3) is 2.72. The molecule has 0 heterocycles. The van der Waals surface area contributed by atoms with Crippen LogP contribution in [-0.4, -0.2) is 22.9 Å². The summed E-state index contributed by atoms with van der Waals surface area (Å²) in [6.07, 6.45) is -0.875. The molecule has 0 aliphatic carbocycles. The summed E-state index contributed by atoms with van der Waals surface area (Å²) in [6.45, 7) is 4.12. The average molecular weight is 196 g/mol. The van der Waals surface area contributed by atoms with Gasteiger partial charge in [-0.25, -0.2) is 0 Å². The molecule has 78 valence electrons. The van der Waals surface area contributed by atoms with Crippen LogP contribution in [0.4, 0.5) is 0 Å². The molecule has 2 atom stereocenters. The minimum Gasteiger partial charge on any atom is -0.508 e. The van der Waals surface area contributed by atoms with E-state index in [-0.39, 0.29) is 11.9 Å². The molecule has 2 N–H and O–H groups in total. The highest BCUT2D eigenvalue weighted by Crippen LogP contribution is 2.23. The maximum Gasteiger partial charge on any atom is 0.115 e. The van der Waals surface area contributed by atoms with Gasteiger partial charge >= 0.3 is 0 Å². The van der Waals surface area contributed by atoms with Gasteiger partial charge in [0.2, 0.25) is 0 Å². The predicted molar refractivity (Wildman–Crippen MR) is 54.2 cm³/mol. The molecule has 0 aliphatic heterocycles. The fourth-order valence-corrected chi connectivity index (χ4v) is 1.36. The monoisotopic (exact) mass is 196 g/mol. The number of benzene rings is 1. The Hall–Kier alpha value is -1.06. The maximum atomic E-state index is 9.48. The predicted octanol–water partition coefficient (Wildman–Crippen LogP) is 1.85. The van der Waals surface area contributed by atoms with E-state index in [1.54, 1.807) is 31.2 Å². The van der Waals surface area contributed by atoms with Crippen molar-refractivity contribution in [1.29, 1.82) is 0 Å². The molecule has 0 saturated heterocycles. The molecule has 1 aromatic carbocycles. The molecular weight excluding hydrogens is 180 g/mol. The molecule has 0 aliphatic rings. The second-order valence-electron chi connectivity index (χ2n) is 3.21. The van der Waals surface area contributed by atoms with Crippen molar-refractivity contribution < 1.29 is 14.9 Å². The van der Waals surface area contributed by atoms with E-state index < -0.39 is 6.10 Å². The molecule has 0 unspecified atom stereocenters. The number of ether oxygens (including phenoxy) is 1. The number of aliphatic hydroxyl groups is 1. The Bertz CT molecular complexity index is 266. The first kappa shape index (κ1) is 11.0. The van der Waals surface area contributed by atoms with Crippen LogP contribution in [-0.2, 0) is 4.74 Å². The standard InChI is InChI=1S/C11H16O3/c1-3-14-11(8(2)12)9-4-6-10(13)7-5-9/h4-8,11-13H,3H2,1-2H3/t8-,11-/m1/s1. The van der Waals surface area contributed by atoms with E-state index in [1.165, 1.54) is 0 Å². The molecule has 0 aromatic heterocycles. The van der Waals surface area contributed by atoms with E-state index in [1.807, 2.05) is 6.92 Å². The summed E-state index contributed by atoms with van der Waals surface area (Å²) in [7, 11) is 0. The van der Waals surface area contributed by atoms with Crippen LogP contribution in [0.1, 0.15) is 25.5 Å². The van der Waals surface area contributed by atoms with Crippen molar-refractivity contribution >= 4 is 0 Å². The molecular formula is C11H16O3. The highest BCUT2D eigenvalue weighted by Gasteiger charge is 2.16. The molecule has 1 rings (SSSR count). The zero-order chi connectivity index (χ0) is 10.6. The zero-order valence-electron chi connectivity index (χ0n) is 8.47. The topological polar surface area (TPSA) is 49.7 Å². The van der Waals surface area contributed by atoms with Crippen LogP contribution < -0.4 is 0 Å². The number of hydrogen-bond acceptors (Lipinski definition) is 3. The highest BCUT2D eigenvalue weighted by molar-refractivity contribution is 5.27. The van der Waals surface area contributed by atoms with E-state index in [4.69, 9.17) is 9.84 Å². The fourth-order valence-electron chi connectivity index (χ4n) is 1.36. The van der Waals surface area contributed by atoms with Gasteiger partial charge in [-0.15, -0.1) is 0 Å². The van der Waals surface area contributed by atoms with Crippen LogP contribution >= 0.6 is 0 Å². The third-order valence-corrected chi connectivity index (χ3v) is 2.01. The first-order chi connectivity index (χ1) is 6.65. The van der Waals surface area contributed by atoms with Crippen molar-refractivity contribution in [2.75, 3.05) is 6.61 Å². The summed E-state index contributed by atoms with van der Waals surface area (Å²) in [5, 5.41) is 18.6. The van der Waals surface area contributed by atoms with Gasteiger partial charge in [-0.3, -0.25) is 0 Å². The number of aliphatic hydroxyl groups excluding tert-OH is 1. The van der Waals surface area contributed by atoms with Crippen LogP contribution in [0.2, 0.25) is 0 Å². The SMILES string of the molecule is CCO[C@@H](c1ccc(O)cc1)[C@@H](C)O. The number of aromatic hydroxyl groups is 1. The Kier molecular flexibility index (Phi) is 3.92. The van der Waals surface area contributed by atoms with Gasteiger partial charge in [-0.2, -0.15) is 0 Å². The third-order valence-electron chi connectivity index (χ3n) is 2.01. The van der Waals surface area contributed by atoms with E-state index in [0.29, 0.717) is 6.61 Å². The van der Waals surface area contributed by atoms with Crippen molar-refractivity contribution in [1.82, 2.24) is 0 Å². The maximum absolute atomic E-state index is 9.48. The lowest BCUT2D eigenvalue weighted by molar-refractivity contribution is -0.0259. The summed E-state index contributed by atoms with van der Waals surface area (Å²) in [5.74, 6) is 0.217. The van der Waals surface area contributed by atoms with E-state index in [9.17, 15) is 5.11 Å². The Morgan fingerprint density at radius 3 is 2.29 bits per heavy atom. The minimum absolute atomic E-state index is 0.217. The molecule has 3 nitrogen and oxygen atoms in total. The average Bonchev–Trinajstić information content (AvgIpc) is 2.15. The lowest BCUT2D eigenvalue weighted by Gasteiger charge is -2.20. The molecule has 0 radical (unpaired) electrons. The van der Waals surface area contributed by atoms with Crippen LogP contribution in [0.5, 0.6) is 5.75 Å². The number of rotatable bonds is 4. The smallest absolute Gasteiger partial charge is 0.115 e. The summed E-state index contributed by atoms with van der Waals surface area (Å²) in [6, 6.07) is 6.68. The van der Waals surface area contributed by atoms with E-state index in [2.05, 4.69) is 0 Å². The fraction of sp³-hybridized carbons (Fsp3) is 0.455. The van der Waals surface area contributed by atoms with Crippen LogP contribution in [0, 0.1) is 0 Å². The van der Waals surface area contributed by atoms with Gasteiger partial charge in [-0.05, 0) is 31.5 Å². The van der Waals surface area contributed by atoms with Crippen molar-refractivity contribution in [3.8, 4) is 5.75 Å². The molecule has 0 amide bonds. The van der Waals surface area contributed by atoms with Crippen LogP contribution in [0.15, 0.2) is 24.3 Å². The van der Waals surface area contributed by atoms with Gasteiger partial charge < -0.3 is 14.9 Å². The quantitative estimate of drug-likeness (QED) is 0.772. The van der Waals surface area contributed by atoms with Crippen LogP contribution in [0.3, 0.4) is 0 Å². The van der Waals surface area contributed by atoms with Crippen molar-refractivity contribution in [2.24, 2.45) is 0 Å². The molecule has 3 heteroatoms. The van der Waals surface area contributed by atoms with Crippen LogP contribution in [0.25, 0.3) is 0 Å². The summed E-state index contributed by atoms with van der Waals surface area (Å²) in [4.78, 5) is 0. The second-order valence-corrected chi connectivity index (χ2v) is 3.21. The molecule has 1 aromatic rings. The summed E-state index contributed by atoms with van der Waals surface area (Å²) < 4.78 is 5.40. The molecule has 0 spiro atoms. The molecule has 0 fully saturated rings. The second kappa shape index (κ2) is 4.98. The van der Waals surface area contributed by atoms with Gasteiger partial charge in [-0.1, -0.05) is 12.1 Å². The molecule has 0 bridgehead atoms. The Morgan fingerprint density at radius 2 is 1.86 bits per heavy atom. The molecule has 0 saturated carbocycles. The zero-order valence-corrected chi connectivity index (χ0v) is 8.47. The van der Waals surface area contributed by atoms with Gasteiger partial charge in [0.25, 0.3) is 0 Å². The van der Waals surface area contributed by atoms with Gasteiger partial charge in [0.05, 0.1) is 6.10 Å². The van der Waals surface area contributed by atoms with Gasteiger partial charge in [0.15, 0.2) is 0 Å². The van der Waals surface area contributed by atoms with Crippen molar-refractivity contribution in [3.05, 3.63) is 29.8 Å². The normalized spacial score (nSPS) is 15.1. The largest absolute Gasteiger partial charge is 0.508 e. The minimum atomic E-state index is -0.556. The Labute approximate surface area is 84.0 Å². The highest BCUT2D eigenvalue weighted by atomic mass is 16.5. The first-order valence-electron chi connectivity index (χ1n) is 4.73. The lowest BCUT2D eigenvalue weighted by Crippen LogP contribution is -2.17. The molecule has 14 heavy (non-hydrogen) atoms. The summed E-state index contributed by atoms with van der Waals surface area (Å²) in [5.41, 5.74) is 0.875. The lowest BCUT2D eigenvalue weighted by atomic mass is 10.1.